The van der Waals surface area contributed by atoms with E-state index in [-0.39, 0.29) is 0 Å². The highest BCUT2D eigenvalue weighted by Gasteiger charge is 2.09. The SMILES string of the molecule is [CH2]c1c(F)cnc(F)c1F. The van der Waals surface area contributed by atoms with Crippen molar-refractivity contribution in [1.82, 2.24) is 4.98 Å². The van der Waals surface area contributed by atoms with Crippen LogP contribution in [0.25, 0.3) is 0 Å². The van der Waals surface area contributed by atoms with Gasteiger partial charge in [-0.2, -0.15) is 4.39 Å². The molecule has 1 radical (unpaired) electrons. The van der Waals surface area contributed by atoms with Gasteiger partial charge in [0.25, 0.3) is 0 Å². The Bertz CT molecular complexity index is 232. The Morgan fingerprint density at radius 1 is 1.30 bits per heavy atom. The summed E-state index contributed by atoms with van der Waals surface area (Å²) in [5, 5.41) is 0. The predicted octanol–water partition coefficient (Wildman–Crippen LogP) is 1.68. The average Bonchev–Trinajstić information content (AvgIpc) is 1.93. The van der Waals surface area contributed by atoms with E-state index < -0.39 is 23.1 Å². The quantitative estimate of drug-likeness (QED) is 0.507. The average molecular weight is 146 g/mol. The van der Waals surface area contributed by atoms with Crippen LogP contribution in [0, 0.1) is 24.5 Å². The highest BCUT2D eigenvalue weighted by molar-refractivity contribution is 5.18. The first kappa shape index (κ1) is 7.05. The monoisotopic (exact) mass is 146 g/mol. The van der Waals surface area contributed by atoms with Gasteiger partial charge >= 0.3 is 0 Å². The van der Waals surface area contributed by atoms with Crippen molar-refractivity contribution in [3.63, 3.8) is 0 Å². The maximum Gasteiger partial charge on any atom is 0.249 e. The molecule has 0 aliphatic rings. The topological polar surface area (TPSA) is 12.9 Å². The van der Waals surface area contributed by atoms with Gasteiger partial charge in [-0.3, -0.25) is 0 Å². The van der Waals surface area contributed by atoms with Crippen LogP contribution in [0.5, 0.6) is 0 Å². The molecule has 1 aromatic heterocycles. The van der Waals surface area contributed by atoms with E-state index in [0.29, 0.717) is 6.20 Å². The summed E-state index contributed by atoms with van der Waals surface area (Å²) in [6, 6.07) is 0. The van der Waals surface area contributed by atoms with Crippen LogP contribution in [-0.4, -0.2) is 4.98 Å². The van der Waals surface area contributed by atoms with Crippen LogP contribution >= 0.6 is 0 Å². The largest absolute Gasteiger partial charge is 0.249 e. The molecule has 0 unspecified atom stereocenters. The smallest absolute Gasteiger partial charge is 0.223 e. The second-order valence-electron chi connectivity index (χ2n) is 1.69. The number of rotatable bonds is 0. The summed E-state index contributed by atoms with van der Waals surface area (Å²) in [6.45, 7) is 2.95. The number of hydrogen-bond donors (Lipinski definition) is 0. The van der Waals surface area contributed by atoms with Crippen molar-refractivity contribution < 1.29 is 13.2 Å². The zero-order valence-electron chi connectivity index (χ0n) is 4.87. The molecule has 1 rings (SSSR count). The molecule has 0 amide bonds. The molecule has 53 valence electrons. The molecule has 0 fully saturated rings. The van der Waals surface area contributed by atoms with Crippen LogP contribution in [0.3, 0.4) is 0 Å². The van der Waals surface area contributed by atoms with E-state index in [1.54, 1.807) is 0 Å². The van der Waals surface area contributed by atoms with E-state index in [1.807, 2.05) is 0 Å². The summed E-state index contributed by atoms with van der Waals surface area (Å²) in [4.78, 5) is 2.78. The number of hydrogen-bond acceptors (Lipinski definition) is 1. The van der Waals surface area contributed by atoms with Crippen molar-refractivity contribution >= 4 is 0 Å². The first-order valence-corrected chi connectivity index (χ1v) is 2.44. The number of pyridine rings is 1. The number of halogens is 3. The van der Waals surface area contributed by atoms with Crippen LogP contribution in [0.1, 0.15) is 5.56 Å². The van der Waals surface area contributed by atoms with E-state index in [4.69, 9.17) is 0 Å². The van der Waals surface area contributed by atoms with E-state index in [9.17, 15) is 13.2 Å². The first-order valence-electron chi connectivity index (χ1n) is 2.44. The molecule has 0 aromatic carbocycles. The predicted molar refractivity (Wildman–Crippen MR) is 28.6 cm³/mol. The van der Waals surface area contributed by atoms with Gasteiger partial charge in [-0.15, -0.1) is 0 Å². The molecular weight excluding hydrogens is 143 g/mol. The maximum atomic E-state index is 12.3. The fraction of sp³-hybridized carbons (Fsp3) is 0. The van der Waals surface area contributed by atoms with Gasteiger partial charge in [0, 0.05) is 5.56 Å². The van der Waals surface area contributed by atoms with Crippen molar-refractivity contribution in [2.45, 2.75) is 0 Å². The third-order valence-electron chi connectivity index (χ3n) is 1.03. The normalized spacial score (nSPS) is 10.0. The van der Waals surface area contributed by atoms with Gasteiger partial charge in [0.1, 0.15) is 5.82 Å². The lowest BCUT2D eigenvalue weighted by Crippen LogP contribution is -1.96. The fourth-order valence-electron chi connectivity index (χ4n) is 0.477. The van der Waals surface area contributed by atoms with Crippen LogP contribution in [0.2, 0.25) is 0 Å². The summed E-state index contributed by atoms with van der Waals surface area (Å²) in [7, 11) is 0. The minimum atomic E-state index is -1.33. The summed E-state index contributed by atoms with van der Waals surface area (Å²) in [5.41, 5.74) is -0.590. The lowest BCUT2D eigenvalue weighted by atomic mass is 10.3. The molecular formula is C6H3F3N. The Balaban J connectivity index is 3.34. The standard InChI is InChI=1S/C6H3F3N/c1-3-4(7)2-10-6(9)5(3)8/h2H,1H2. The fourth-order valence-corrected chi connectivity index (χ4v) is 0.477. The summed E-state index contributed by atoms with van der Waals surface area (Å²) < 4.78 is 36.5. The Hall–Kier alpha value is -1.06. The van der Waals surface area contributed by atoms with Crippen molar-refractivity contribution in [2.75, 3.05) is 0 Å². The zero-order chi connectivity index (χ0) is 7.72. The van der Waals surface area contributed by atoms with Gasteiger partial charge in [0.2, 0.25) is 5.95 Å². The van der Waals surface area contributed by atoms with Crippen LogP contribution in [0.15, 0.2) is 6.20 Å². The molecule has 10 heavy (non-hydrogen) atoms. The summed E-state index contributed by atoms with van der Waals surface area (Å²) >= 11 is 0. The lowest BCUT2D eigenvalue weighted by Gasteiger charge is -1.95. The Labute approximate surface area is 55.5 Å². The molecule has 0 saturated heterocycles. The molecule has 0 saturated carbocycles. The zero-order valence-corrected chi connectivity index (χ0v) is 4.87. The third-order valence-corrected chi connectivity index (χ3v) is 1.03. The Morgan fingerprint density at radius 2 is 1.90 bits per heavy atom. The second-order valence-corrected chi connectivity index (χ2v) is 1.69. The van der Waals surface area contributed by atoms with Crippen LogP contribution < -0.4 is 0 Å². The van der Waals surface area contributed by atoms with Crippen molar-refractivity contribution in [3.8, 4) is 0 Å². The molecule has 0 N–H and O–H groups in total. The summed E-state index contributed by atoms with van der Waals surface area (Å²) in [5.74, 6) is -3.61. The van der Waals surface area contributed by atoms with Crippen molar-refractivity contribution in [1.29, 1.82) is 0 Å². The molecule has 0 aliphatic heterocycles. The minimum absolute atomic E-state index is 0.584. The second kappa shape index (κ2) is 2.28. The molecule has 0 spiro atoms. The number of aromatic nitrogens is 1. The van der Waals surface area contributed by atoms with Gasteiger partial charge in [0.05, 0.1) is 6.20 Å². The molecule has 0 bridgehead atoms. The molecule has 1 nitrogen and oxygen atoms in total. The highest BCUT2D eigenvalue weighted by atomic mass is 19.2. The van der Waals surface area contributed by atoms with Gasteiger partial charge in [0.15, 0.2) is 5.82 Å². The van der Waals surface area contributed by atoms with Crippen molar-refractivity contribution in [3.05, 3.63) is 36.3 Å². The molecule has 0 aliphatic carbocycles. The third kappa shape index (κ3) is 0.964. The molecule has 1 heterocycles. The highest BCUT2D eigenvalue weighted by Crippen LogP contribution is 2.10. The van der Waals surface area contributed by atoms with E-state index in [0.717, 1.165) is 0 Å². The van der Waals surface area contributed by atoms with Gasteiger partial charge in [-0.05, 0) is 6.92 Å². The molecule has 1 aromatic rings. The lowest BCUT2D eigenvalue weighted by molar-refractivity contribution is 0.460. The van der Waals surface area contributed by atoms with E-state index >= 15 is 0 Å². The van der Waals surface area contributed by atoms with E-state index in [1.165, 1.54) is 0 Å². The molecule has 0 atom stereocenters. The maximum absolute atomic E-state index is 12.3. The Morgan fingerprint density at radius 3 is 2.40 bits per heavy atom. The minimum Gasteiger partial charge on any atom is -0.223 e. The van der Waals surface area contributed by atoms with Crippen molar-refractivity contribution in [2.24, 2.45) is 0 Å². The number of nitrogens with zero attached hydrogens (tertiary/aromatic N) is 1. The van der Waals surface area contributed by atoms with Gasteiger partial charge in [-0.25, -0.2) is 13.8 Å². The van der Waals surface area contributed by atoms with Crippen LogP contribution in [0.4, 0.5) is 13.2 Å². The Kier molecular flexibility index (Phi) is 1.61. The first-order chi connectivity index (χ1) is 4.63. The summed E-state index contributed by atoms with van der Waals surface area (Å²) in [6.07, 6.45) is 0.584. The molecule has 4 heteroatoms. The van der Waals surface area contributed by atoms with E-state index in [2.05, 4.69) is 11.9 Å². The van der Waals surface area contributed by atoms with Gasteiger partial charge in [-0.1, -0.05) is 0 Å². The van der Waals surface area contributed by atoms with Gasteiger partial charge < -0.3 is 0 Å². The van der Waals surface area contributed by atoms with Crippen LogP contribution in [-0.2, 0) is 0 Å².